The second-order valence-corrected chi connectivity index (χ2v) is 17.1. The van der Waals surface area contributed by atoms with Gasteiger partial charge in [0.25, 0.3) is 0 Å². The van der Waals surface area contributed by atoms with Crippen LogP contribution in [0.15, 0.2) is 206 Å². The first-order valence-corrected chi connectivity index (χ1v) is 22.6. The predicted octanol–water partition coefficient (Wildman–Crippen LogP) is 14.4. The van der Waals surface area contributed by atoms with E-state index < -0.39 is 0 Å². The average Bonchev–Trinajstić information content (AvgIpc) is 4.05. The van der Waals surface area contributed by atoms with E-state index in [4.69, 9.17) is 9.97 Å². The Labute approximate surface area is 395 Å². The minimum absolute atomic E-state index is 0.320. The van der Waals surface area contributed by atoms with Gasteiger partial charge in [-0.2, -0.15) is 15.8 Å². The van der Waals surface area contributed by atoms with Gasteiger partial charge >= 0.3 is 0 Å². The van der Waals surface area contributed by atoms with Crippen molar-refractivity contribution in [3.05, 3.63) is 223 Å². The van der Waals surface area contributed by atoms with Gasteiger partial charge in [0.1, 0.15) is 0 Å². The van der Waals surface area contributed by atoms with Gasteiger partial charge in [0.2, 0.25) is 0 Å². The molecular weight excluding hydrogens is 845 g/mol. The molecular formula is C61H34N8. The molecule has 0 radical (unpaired) electrons. The summed E-state index contributed by atoms with van der Waals surface area (Å²) in [6, 6.07) is 76.8. The average molecular weight is 879 g/mol. The minimum Gasteiger partial charge on any atom is -0.309 e. The molecule has 0 aliphatic rings. The SMILES string of the molecule is N#Cc1ccccc1-c1cc(-c2ccc(-n3c4ccc(-n5c6ccccc6c6ccccc65)cc4c4cc(-n5c6ccccc6c6ccccc65)ccc43)cc2C#N)nc(-c2ccccc2C#N)n1. The second kappa shape index (κ2) is 15.5. The van der Waals surface area contributed by atoms with E-state index in [2.05, 4.69) is 165 Å². The Morgan fingerprint density at radius 3 is 1.10 bits per heavy atom. The third-order valence-electron chi connectivity index (χ3n) is 13.4. The standard InChI is InChI=1S/C61H34N8/c62-35-38-13-1-3-15-44(38)53-34-54(66-61(65-53)46-16-4-2-14-39(46)36-63)45-28-25-41(31-40(45)37-64)67-59-29-26-42(68-55-21-9-5-17-47(55)48-18-6-10-22-56(48)68)32-51(59)52-33-43(27-30-60(52)67)69-57-23-11-7-19-49(57)50-20-8-12-24-58(50)69/h1-34H. The molecule has 0 N–H and O–H groups in total. The van der Waals surface area contributed by atoms with Crippen molar-refractivity contribution in [2.24, 2.45) is 0 Å². The summed E-state index contributed by atoms with van der Waals surface area (Å²) in [5, 5.41) is 38.1. The molecule has 0 saturated carbocycles. The summed E-state index contributed by atoms with van der Waals surface area (Å²) in [6.45, 7) is 0. The zero-order chi connectivity index (χ0) is 46.2. The van der Waals surface area contributed by atoms with E-state index in [1.807, 2.05) is 54.6 Å². The summed E-state index contributed by atoms with van der Waals surface area (Å²) in [5.74, 6) is 0.320. The molecule has 0 fully saturated rings. The van der Waals surface area contributed by atoms with Crippen molar-refractivity contribution in [3.8, 4) is 69.2 Å². The van der Waals surface area contributed by atoms with Crippen LogP contribution in [-0.4, -0.2) is 23.7 Å². The first-order valence-electron chi connectivity index (χ1n) is 22.6. The van der Waals surface area contributed by atoms with Crippen LogP contribution in [0.25, 0.3) is 116 Å². The van der Waals surface area contributed by atoms with Crippen LogP contribution in [-0.2, 0) is 0 Å². The van der Waals surface area contributed by atoms with Crippen molar-refractivity contribution in [2.45, 2.75) is 0 Å². The highest BCUT2D eigenvalue weighted by Gasteiger charge is 2.21. The monoisotopic (exact) mass is 878 g/mol. The van der Waals surface area contributed by atoms with Crippen LogP contribution in [0.2, 0.25) is 0 Å². The molecule has 4 heterocycles. The van der Waals surface area contributed by atoms with Gasteiger partial charge in [-0.05, 0) is 103 Å². The van der Waals surface area contributed by atoms with Crippen molar-refractivity contribution < 1.29 is 0 Å². The molecule has 13 rings (SSSR count). The molecule has 318 valence electrons. The molecule has 8 nitrogen and oxygen atoms in total. The Hall–Kier alpha value is -10.1. The maximum Gasteiger partial charge on any atom is 0.161 e. The zero-order valence-electron chi connectivity index (χ0n) is 36.7. The smallest absolute Gasteiger partial charge is 0.161 e. The first-order chi connectivity index (χ1) is 34.1. The normalized spacial score (nSPS) is 11.4. The molecule has 69 heavy (non-hydrogen) atoms. The molecule has 4 aromatic heterocycles. The van der Waals surface area contributed by atoms with Crippen molar-refractivity contribution in [1.29, 1.82) is 15.8 Å². The molecule has 0 bridgehead atoms. The molecule has 0 atom stereocenters. The molecule has 9 aromatic carbocycles. The van der Waals surface area contributed by atoms with E-state index in [-0.39, 0.29) is 0 Å². The Morgan fingerprint density at radius 2 is 0.638 bits per heavy atom. The number of benzene rings is 9. The van der Waals surface area contributed by atoms with Gasteiger partial charge in [-0.3, -0.25) is 0 Å². The highest BCUT2D eigenvalue weighted by molar-refractivity contribution is 6.14. The summed E-state index contributed by atoms with van der Waals surface area (Å²) in [5.41, 5.74) is 13.4. The van der Waals surface area contributed by atoms with Crippen molar-refractivity contribution in [3.63, 3.8) is 0 Å². The van der Waals surface area contributed by atoms with Crippen LogP contribution >= 0.6 is 0 Å². The van der Waals surface area contributed by atoms with Crippen LogP contribution in [0.5, 0.6) is 0 Å². The fourth-order valence-corrected chi connectivity index (χ4v) is 10.4. The van der Waals surface area contributed by atoms with Crippen molar-refractivity contribution in [2.75, 3.05) is 0 Å². The van der Waals surface area contributed by atoms with E-state index in [0.29, 0.717) is 50.6 Å². The van der Waals surface area contributed by atoms with Crippen LogP contribution in [0.4, 0.5) is 0 Å². The van der Waals surface area contributed by atoms with Crippen LogP contribution in [0, 0.1) is 34.0 Å². The van der Waals surface area contributed by atoms with Gasteiger partial charge in [-0.25, -0.2) is 9.97 Å². The van der Waals surface area contributed by atoms with E-state index in [0.717, 1.165) is 60.9 Å². The summed E-state index contributed by atoms with van der Waals surface area (Å²) in [4.78, 5) is 9.92. The third kappa shape index (κ3) is 6.06. The third-order valence-corrected chi connectivity index (χ3v) is 13.4. The van der Waals surface area contributed by atoms with Crippen LogP contribution in [0.1, 0.15) is 16.7 Å². The Balaban J connectivity index is 1.04. The number of fused-ring (bicyclic) bond motifs is 9. The number of para-hydroxylation sites is 4. The molecule has 0 saturated heterocycles. The van der Waals surface area contributed by atoms with Crippen molar-refractivity contribution in [1.82, 2.24) is 23.7 Å². The lowest BCUT2D eigenvalue weighted by Gasteiger charge is -2.14. The number of hydrogen-bond donors (Lipinski definition) is 0. The van der Waals surface area contributed by atoms with Gasteiger partial charge in [0.15, 0.2) is 5.82 Å². The number of hydrogen-bond acceptors (Lipinski definition) is 5. The second-order valence-electron chi connectivity index (χ2n) is 17.1. The van der Waals surface area contributed by atoms with Gasteiger partial charge in [-0.1, -0.05) is 103 Å². The maximum absolute atomic E-state index is 11.0. The summed E-state index contributed by atoms with van der Waals surface area (Å²) in [7, 11) is 0. The number of rotatable bonds is 6. The fraction of sp³-hybridized carbons (Fsp3) is 0. The van der Waals surface area contributed by atoms with Crippen molar-refractivity contribution >= 4 is 65.4 Å². The Bertz CT molecular complexity index is 4080. The number of nitrogens with zero attached hydrogens (tertiary/aromatic N) is 8. The molecule has 0 aliphatic heterocycles. The molecule has 0 unspecified atom stereocenters. The highest BCUT2D eigenvalue weighted by Crippen LogP contribution is 2.41. The highest BCUT2D eigenvalue weighted by atomic mass is 15.0. The minimum atomic E-state index is 0.320. The van der Waals surface area contributed by atoms with E-state index in [1.165, 1.54) is 21.5 Å². The number of aromatic nitrogens is 5. The molecule has 0 spiro atoms. The molecule has 8 heteroatoms. The predicted molar refractivity (Wildman–Crippen MR) is 276 cm³/mol. The van der Waals surface area contributed by atoms with E-state index in [9.17, 15) is 15.8 Å². The van der Waals surface area contributed by atoms with E-state index >= 15 is 0 Å². The number of nitriles is 3. The summed E-state index contributed by atoms with van der Waals surface area (Å²) >= 11 is 0. The first kappa shape index (κ1) is 39.3. The maximum atomic E-state index is 11.0. The molecule has 13 aromatic rings. The van der Waals surface area contributed by atoms with Gasteiger partial charge < -0.3 is 13.7 Å². The lowest BCUT2D eigenvalue weighted by molar-refractivity contribution is 1.15. The molecule has 0 aliphatic carbocycles. The van der Waals surface area contributed by atoms with Gasteiger partial charge in [0, 0.05) is 66.1 Å². The summed E-state index contributed by atoms with van der Waals surface area (Å²) in [6.07, 6.45) is 0. The lowest BCUT2D eigenvalue weighted by atomic mass is 9.99. The largest absolute Gasteiger partial charge is 0.309 e. The lowest BCUT2D eigenvalue weighted by Crippen LogP contribution is -2.01. The van der Waals surface area contributed by atoms with Gasteiger partial charge in [-0.15, -0.1) is 0 Å². The van der Waals surface area contributed by atoms with Crippen LogP contribution in [0.3, 0.4) is 0 Å². The summed E-state index contributed by atoms with van der Waals surface area (Å²) < 4.78 is 6.94. The van der Waals surface area contributed by atoms with Gasteiger partial charge in [0.05, 0.1) is 79.4 Å². The fourth-order valence-electron chi connectivity index (χ4n) is 10.4. The van der Waals surface area contributed by atoms with E-state index in [1.54, 1.807) is 18.2 Å². The quantitative estimate of drug-likeness (QED) is 0.165. The van der Waals surface area contributed by atoms with Crippen LogP contribution < -0.4 is 0 Å². The zero-order valence-corrected chi connectivity index (χ0v) is 36.7. The Kier molecular flexibility index (Phi) is 8.85. The molecule has 0 amide bonds. The Morgan fingerprint density at radius 1 is 0.290 bits per heavy atom. The topological polar surface area (TPSA) is 112 Å².